The molecule has 0 aliphatic rings. The van der Waals surface area contributed by atoms with Gasteiger partial charge in [0.15, 0.2) is 11.5 Å². The van der Waals surface area contributed by atoms with Gasteiger partial charge in [-0.2, -0.15) is 0 Å². The highest BCUT2D eigenvalue weighted by molar-refractivity contribution is 7.89. The summed E-state index contributed by atoms with van der Waals surface area (Å²) in [7, 11) is -0.615. The zero-order valence-electron chi connectivity index (χ0n) is 16.7. The van der Waals surface area contributed by atoms with Gasteiger partial charge in [-0.25, -0.2) is 13.1 Å². The Balaban J connectivity index is 2.13. The number of nitrogens with one attached hydrogen (secondary N) is 2. The van der Waals surface area contributed by atoms with Gasteiger partial charge in [-0.1, -0.05) is 12.1 Å². The Hall–Kier alpha value is -2.58. The number of amides is 1. The second-order valence-corrected chi connectivity index (χ2v) is 8.98. The fourth-order valence-electron chi connectivity index (χ4n) is 2.58. The molecule has 0 spiro atoms. The van der Waals surface area contributed by atoms with Crippen molar-refractivity contribution in [2.45, 2.75) is 37.6 Å². The van der Waals surface area contributed by atoms with Crippen LogP contribution < -0.4 is 19.5 Å². The number of benzene rings is 2. The lowest BCUT2D eigenvalue weighted by Crippen LogP contribution is -2.40. The van der Waals surface area contributed by atoms with Crippen LogP contribution >= 0.6 is 0 Å². The summed E-state index contributed by atoms with van der Waals surface area (Å²) in [6, 6.07) is 11.4. The molecule has 2 aromatic carbocycles. The van der Waals surface area contributed by atoms with E-state index in [-0.39, 0.29) is 17.2 Å². The molecule has 152 valence electrons. The smallest absolute Gasteiger partial charge is 0.241 e. The van der Waals surface area contributed by atoms with Crippen LogP contribution in [0.1, 0.15) is 26.3 Å². The van der Waals surface area contributed by atoms with Gasteiger partial charge < -0.3 is 14.8 Å². The first-order chi connectivity index (χ1) is 13.0. The molecule has 0 aromatic heterocycles. The van der Waals surface area contributed by atoms with Gasteiger partial charge in [0.1, 0.15) is 0 Å². The molecule has 0 atom stereocenters. The van der Waals surface area contributed by atoms with Crippen molar-refractivity contribution >= 4 is 21.6 Å². The van der Waals surface area contributed by atoms with Gasteiger partial charge in [0.2, 0.25) is 15.9 Å². The number of carbonyl (C=O) groups is 1. The third kappa shape index (κ3) is 5.97. The normalized spacial score (nSPS) is 11.8. The van der Waals surface area contributed by atoms with Crippen molar-refractivity contribution in [1.82, 2.24) is 4.72 Å². The molecule has 0 bridgehead atoms. The molecule has 0 aliphatic carbocycles. The Bertz CT molecular complexity index is 949. The lowest BCUT2D eigenvalue weighted by Gasteiger charge is -2.20. The first kappa shape index (κ1) is 21.7. The van der Waals surface area contributed by atoms with E-state index in [0.717, 1.165) is 5.56 Å². The summed E-state index contributed by atoms with van der Waals surface area (Å²) >= 11 is 0. The van der Waals surface area contributed by atoms with Crippen molar-refractivity contribution < 1.29 is 22.7 Å². The Morgan fingerprint density at radius 2 is 1.68 bits per heavy atom. The number of rotatable bonds is 7. The average Bonchev–Trinajstić information content (AvgIpc) is 2.59. The SMILES string of the molecule is COc1ccc(CC(=O)Nc2cccc(S(=O)(=O)NC(C)(C)C)c2)cc1OC. The van der Waals surface area contributed by atoms with Gasteiger partial charge in [0, 0.05) is 11.2 Å². The molecule has 0 saturated carbocycles. The zero-order chi connectivity index (χ0) is 20.9. The molecular weight excluding hydrogens is 380 g/mol. The summed E-state index contributed by atoms with van der Waals surface area (Å²) in [6.07, 6.45) is 0.109. The van der Waals surface area contributed by atoms with Gasteiger partial charge in [0.05, 0.1) is 25.5 Å². The maximum absolute atomic E-state index is 12.5. The van der Waals surface area contributed by atoms with Crippen molar-refractivity contribution in [3.63, 3.8) is 0 Å². The fraction of sp³-hybridized carbons (Fsp3) is 0.350. The number of carbonyl (C=O) groups excluding carboxylic acids is 1. The van der Waals surface area contributed by atoms with Crippen LogP contribution in [0.3, 0.4) is 0 Å². The third-order valence-corrected chi connectivity index (χ3v) is 5.44. The van der Waals surface area contributed by atoms with Crippen LogP contribution in [0.5, 0.6) is 11.5 Å². The topological polar surface area (TPSA) is 93.7 Å². The van der Waals surface area contributed by atoms with E-state index < -0.39 is 15.6 Å². The van der Waals surface area contributed by atoms with E-state index in [2.05, 4.69) is 10.0 Å². The van der Waals surface area contributed by atoms with Crippen LogP contribution in [0.15, 0.2) is 47.4 Å². The molecule has 0 fully saturated rings. The lowest BCUT2D eigenvalue weighted by molar-refractivity contribution is -0.115. The maximum atomic E-state index is 12.5. The minimum Gasteiger partial charge on any atom is -0.493 e. The van der Waals surface area contributed by atoms with Gasteiger partial charge in [-0.3, -0.25) is 4.79 Å². The summed E-state index contributed by atoms with van der Waals surface area (Å²) in [5.41, 5.74) is 0.543. The minimum absolute atomic E-state index is 0.0892. The van der Waals surface area contributed by atoms with Crippen molar-refractivity contribution in [1.29, 1.82) is 0 Å². The van der Waals surface area contributed by atoms with Crippen molar-refractivity contribution in [2.24, 2.45) is 0 Å². The highest BCUT2D eigenvalue weighted by atomic mass is 32.2. The molecule has 2 N–H and O–H groups in total. The Labute approximate surface area is 166 Å². The van der Waals surface area contributed by atoms with Crippen LogP contribution in [-0.2, 0) is 21.2 Å². The number of hydrogen-bond donors (Lipinski definition) is 2. The molecule has 8 heteroatoms. The van der Waals surface area contributed by atoms with Gasteiger partial charge >= 0.3 is 0 Å². The zero-order valence-corrected chi connectivity index (χ0v) is 17.5. The number of hydrogen-bond acceptors (Lipinski definition) is 5. The van der Waals surface area contributed by atoms with Crippen LogP contribution in [0.25, 0.3) is 0 Å². The molecule has 1 amide bonds. The van der Waals surface area contributed by atoms with E-state index in [1.54, 1.807) is 58.2 Å². The number of ether oxygens (including phenoxy) is 2. The minimum atomic E-state index is -3.68. The predicted molar refractivity (Wildman–Crippen MR) is 108 cm³/mol. The number of anilines is 1. The summed E-state index contributed by atoms with van der Waals surface area (Å²) in [5.74, 6) is 0.843. The summed E-state index contributed by atoms with van der Waals surface area (Å²) in [4.78, 5) is 12.5. The number of sulfonamides is 1. The van der Waals surface area contributed by atoms with Crippen molar-refractivity contribution in [3.8, 4) is 11.5 Å². The van der Waals surface area contributed by atoms with Crippen LogP contribution in [-0.4, -0.2) is 34.1 Å². The monoisotopic (exact) mass is 406 g/mol. The lowest BCUT2D eigenvalue weighted by atomic mass is 10.1. The Morgan fingerprint density at radius 1 is 1.00 bits per heavy atom. The molecule has 0 saturated heterocycles. The van der Waals surface area contributed by atoms with Gasteiger partial charge in [-0.05, 0) is 56.7 Å². The summed E-state index contributed by atoms with van der Waals surface area (Å²) < 4.78 is 37.9. The predicted octanol–water partition coefficient (Wildman–Crippen LogP) is 2.96. The van der Waals surface area contributed by atoms with Gasteiger partial charge in [0.25, 0.3) is 0 Å². The first-order valence-corrected chi connectivity index (χ1v) is 10.2. The largest absolute Gasteiger partial charge is 0.493 e. The van der Waals surface area contributed by atoms with E-state index in [4.69, 9.17) is 9.47 Å². The molecule has 0 radical (unpaired) electrons. The number of methoxy groups -OCH3 is 2. The van der Waals surface area contributed by atoms with E-state index in [1.165, 1.54) is 19.2 Å². The Morgan fingerprint density at radius 3 is 2.29 bits per heavy atom. The van der Waals surface area contributed by atoms with E-state index in [1.807, 2.05) is 0 Å². The highest BCUT2D eigenvalue weighted by Crippen LogP contribution is 2.28. The van der Waals surface area contributed by atoms with E-state index in [9.17, 15) is 13.2 Å². The van der Waals surface area contributed by atoms with Crippen molar-refractivity contribution in [3.05, 3.63) is 48.0 Å². The quantitative estimate of drug-likeness (QED) is 0.737. The van der Waals surface area contributed by atoms with E-state index >= 15 is 0 Å². The Kier molecular flexibility index (Phi) is 6.69. The van der Waals surface area contributed by atoms with E-state index in [0.29, 0.717) is 17.2 Å². The standard InChI is InChI=1S/C20H26N2O5S/c1-20(2,3)22-28(24,25)16-8-6-7-15(13-16)21-19(23)12-14-9-10-17(26-4)18(11-14)27-5/h6-11,13,22H,12H2,1-5H3,(H,21,23). The second kappa shape index (κ2) is 8.62. The molecule has 0 aliphatic heterocycles. The highest BCUT2D eigenvalue weighted by Gasteiger charge is 2.22. The second-order valence-electron chi connectivity index (χ2n) is 7.30. The molecule has 2 aromatic rings. The average molecular weight is 407 g/mol. The van der Waals surface area contributed by atoms with Gasteiger partial charge in [-0.15, -0.1) is 0 Å². The first-order valence-electron chi connectivity index (χ1n) is 8.69. The summed E-state index contributed by atoms with van der Waals surface area (Å²) in [5, 5.41) is 2.73. The molecule has 0 unspecified atom stereocenters. The molecule has 7 nitrogen and oxygen atoms in total. The fourth-order valence-corrected chi connectivity index (χ4v) is 4.05. The van der Waals surface area contributed by atoms with Crippen LogP contribution in [0.2, 0.25) is 0 Å². The molecule has 28 heavy (non-hydrogen) atoms. The molecule has 0 heterocycles. The van der Waals surface area contributed by atoms with Crippen molar-refractivity contribution in [2.75, 3.05) is 19.5 Å². The van der Waals surface area contributed by atoms with Crippen LogP contribution in [0.4, 0.5) is 5.69 Å². The molecule has 2 rings (SSSR count). The van der Waals surface area contributed by atoms with Crippen LogP contribution in [0, 0.1) is 0 Å². The maximum Gasteiger partial charge on any atom is 0.241 e. The molecular formula is C20H26N2O5S. The third-order valence-electron chi connectivity index (χ3n) is 3.68. The summed E-state index contributed by atoms with van der Waals surface area (Å²) in [6.45, 7) is 5.29.